The summed E-state index contributed by atoms with van der Waals surface area (Å²) in [6.07, 6.45) is 1.54. The van der Waals surface area contributed by atoms with E-state index in [0.29, 0.717) is 33.1 Å². The Morgan fingerprint density at radius 2 is 1.70 bits per heavy atom. The number of hydrazone groups is 1. The second-order valence-electron chi connectivity index (χ2n) is 6.14. The van der Waals surface area contributed by atoms with Crippen LogP contribution in [0.2, 0.25) is 10.0 Å². The largest absolute Gasteiger partial charge is 0.455 e. The van der Waals surface area contributed by atoms with Crippen molar-refractivity contribution in [2.24, 2.45) is 5.10 Å². The van der Waals surface area contributed by atoms with Gasteiger partial charge in [0.2, 0.25) is 11.3 Å². The van der Waals surface area contributed by atoms with Crippen molar-refractivity contribution < 1.29 is 9.05 Å². The molecule has 30 heavy (non-hydrogen) atoms. The number of furan rings is 1. The van der Waals surface area contributed by atoms with Crippen molar-refractivity contribution in [3.05, 3.63) is 64.3 Å². The van der Waals surface area contributed by atoms with Crippen LogP contribution in [0.5, 0.6) is 0 Å². The van der Waals surface area contributed by atoms with E-state index in [1.165, 1.54) is 6.21 Å². The normalized spacial score (nSPS) is 11.5. The Hall–Kier alpha value is -3.69. The Labute approximate surface area is 178 Å². The quantitative estimate of drug-likeness (QED) is 0.281. The Morgan fingerprint density at radius 1 is 0.900 bits per heavy atom. The molecule has 2 N–H and O–H groups in total. The molecule has 0 saturated carbocycles. The number of rotatable bonds is 5. The number of aromatic nitrogens is 4. The number of nitrogens with one attached hydrogen (secondary N) is 2. The molecule has 2 aromatic carbocycles. The SMILES string of the molecule is Clc1ccc(Nc2nc3nonc3nc2NN=Cc2cc3ccccc3o2)cc1Cl. The Balaban J connectivity index is 1.44. The van der Waals surface area contributed by atoms with Crippen molar-refractivity contribution in [3.8, 4) is 0 Å². The molecule has 0 fully saturated rings. The third-order valence-corrected chi connectivity index (χ3v) is 4.84. The molecular weight excluding hydrogens is 429 g/mol. The molecule has 0 atom stereocenters. The first-order chi connectivity index (χ1) is 14.7. The topological polar surface area (TPSA) is 114 Å². The van der Waals surface area contributed by atoms with Crippen LogP contribution in [-0.4, -0.2) is 26.5 Å². The minimum absolute atomic E-state index is 0.233. The summed E-state index contributed by atoms with van der Waals surface area (Å²) >= 11 is 12.1. The molecule has 0 amide bonds. The fraction of sp³-hybridized carbons (Fsp3) is 0. The first-order valence-corrected chi connectivity index (χ1v) is 9.41. The van der Waals surface area contributed by atoms with Crippen LogP contribution < -0.4 is 10.7 Å². The van der Waals surface area contributed by atoms with Gasteiger partial charge in [0.15, 0.2) is 11.6 Å². The standard InChI is InChI=1S/C19H11Cl2N7O2/c20-13-6-5-11(8-14(13)21)23-16-17(25-19-18(24-16)27-30-28-19)26-22-9-12-7-10-3-1-2-4-15(10)29-12/h1-9H,(H,23,24,27)(H,25,26,28). The highest BCUT2D eigenvalue weighted by Crippen LogP contribution is 2.29. The van der Waals surface area contributed by atoms with E-state index in [2.05, 4.69) is 36.1 Å². The third-order valence-electron chi connectivity index (χ3n) is 4.10. The van der Waals surface area contributed by atoms with Crippen LogP contribution in [0.3, 0.4) is 0 Å². The maximum absolute atomic E-state index is 6.09. The lowest BCUT2D eigenvalue weighted by atomic mass is 10.2. The summed E-state index contributed by atoms with van der Waals surface area (Å²) in [5, 5.41) is 16.6. The predicted molar refractivity (Wildman–Crippen MR) is 115 cm³/mol. The summed E-state index contributed by atoms with van der Waals surface area (Å²) in [4.78, 5) is 8.70. The lowest BCUT2D eigenvalue weighted by molar-refractivity contribution is 0.314. The van der Waals surface area contributed by atoms with Gasteiger partial charge in [0.1, 0.15) is 11.3 Å². The fourth-order valence-electron chi connectivity index (χ4n) is 2.74. The van der Waals surface area contributed by atoms with Gasteiger partial charge in [-0.05, 0) is 40.6 Å². The highest BCUT2D eigenvalue weighted by atomic mass is 35.5. The second kappa shape index (κ2) is 7.62. The van der Waals surface area contributed by atoms with Crippen LogP contribution in [0, 0.1) is 0 Å². The van der Waals surface area contributed by atoms with E-state index in [1.54, 1.807) is 18.2 Å². The number of hydrogen-bond donors (Lipinski definition) is 2. The molecule has 0 bridgehead atoms. The smallest absolute Gasteiger partial charge is 0.245 e. The number of benzene rings is 2. The summed E-state index contributed by atoms with van der Waals surface area (Å²) in [5.74, 6) is 1.23. The molecular formula is C19H11Cl2N7O2. The van der Waals surface area contributed by atoms with Crippen LogP contribution in [0.4, 0.5) is 17.3 Å². The van der Waals surface area contributed by atoms with Crippen molar-refractivity contribution in [2.45, 2.75) is 0 Å². The summed E-state index contributed by atoms with van der Waals surface area (Å²) in [7, 11) is 0. The maximum atomic E-state index is 6.09. The number of nitrogens with zero attached hydrogens (tertiary/aromatic N) is 5. The lowest BCUT2D eigenvalue weighted by Crippen LogP contribution is -2.03. The van der Waals surface area contributed by atoms with Gasteiger partial charge in [0, 0.05) is 11.1 Å². The molecule has 9 nitrogen and oxygen atoms in total. The van der Waals surface area contributed by atoms with Crippen LogP contribution in [0.15, 0.2) is 62.7 Å². The molecule has 0 radical (unpaired) electrons. The van der Waals surface area contributed by atoms with Crippen LogP contribution in [0.1, 0.15) is 5.76 Å². The van der Waals surface area contributed by atoms with Crippen LogP contribution in [-0.2, 0) is 0 Å². The monoisotopic (exact) mass is 439 g/mol. The molecule has 0 aliphatic heterocycles. The van der Waals surface area contributed by atoms with Gasteiger partial charge < -0.3 is 9.73 Å². The molecule has 0 saturated heterocycles. The van der Waals surface area contributed by atoms with E-state index in [0.717, 1.165) is 11.0 Å². The first-order valence-electron chi connectivity index (χ1n) is 8.66. The number of para-hydroxylation sites is 1. The van der Waals surface area contributed by atoms with E-state index >= 15 is 0 Å². The minimum atomic E-state index is 0.233. The zero-order valence-electron chi connectivity index (χ0n) is 15.0. The van der Waals surface area contributed by atoms with Crippen molar-refractivity contribution in [1.82, 2.24) is 20.3 Å². The van der Waals surface area contributed by atoms with E-state index in [-0.39, 0.29) is 11.3 Å². The Morgan fingerprint density at radius 3 is 2.50 bits per heavy atom. The van der Waals surface area contributed by atoms with Gasteiger partial charge in [-0.3, -0.25) is 5.43 Å². The van der Waals surface area contributed by atoms with Crippen molar-refractivity contribution in [3.63, 3.8) is 0 Å². The molecule has 3 aromatic heterocycles. The van der Waals surface area contributed by atoms with Gasteiger partial charge in [-0.15, -0.1) is 0 Å². The van der Waals surface area contributed by atoms with Gasteiger partial charge in [0.05, 0.1) is 16.3 Å². The molecule has 0 aliphatic rings. The van der Waals surface area contributed by atoms with Gasteiger partial charge in [-0.1, -0.05) is 41.4 Å². The molecule has 0 spiro atoms. The van der Waals surface area contributed by atoms with E-state index in [1.807, 2.05) is 30.3 Å². The molecule has 5 aromatic rings. The van der Waals surface area contributed by atoms with E-state index in [4.69, 9.17) is 32.2 Å². The number of hydrogen-bond acceptors (Lipinski definition) is 9. The average molecular weight is 440 g/mol. The highest BCUT2D eigenvalue weighted by Gasteiger charge is 2.13. The van der Waals surface area contributed by atoms with E-state index in [9.17, 15) is 0 Å². The molecule has 0 aliphatic carbocycles. The molecule has 11 heteroatoms. The molecule has 0 unspecified atom stereocenters. The summed E-state index contributed by atoms with van der Waals surface area (Å²) in [5.41, 5.74) is 4.74. The van der Waals surface area contributed by atoms with E-state index < -0.39 is 0 Å². The van der Waals surface area contributed by atoms with Gasteiger partial charge in [-0.2, -0.15) is 10.1 Å². The molecule has 148 valence electrons. The van der Waals surface area contributed by atoms with Crippen LogP contribution >= 0.6 is 23.2 Å². The van der Waals surface area contributed by atoms with Gasteiger partial charge in [0.25, 0.3) is 0 Å². The molecule has 5 rings (SSSR count). The third kappa shape index (κ3) is 3.63. The fourth-order valence-corrected chi connectivity index (χ4v) is 3.03. The lowest BCUT2D eigenvalue weighted by Gasteiger charge is -2.09. The first kappa shape index (κ1) is 18.3. The van der Waals surface area contributed by atoms with Gasteiger partial charge in [-0.25, -0.2) is 9.61 Å². The zero-order chi connectivity index (χ0) is 20.5. The maximum Gasteiger partial charge on any atom is 0.245 e. The molecule has 3 heterocycles. The summed E-state index contributed by atoms with van der Waals surface area (Å²) < 4.78 is 10.4. The number of halogens is 2. The Bertz CT molecular complexity index is 1360. The van der Waals surface area contributed by atoms with Crippen molar-refractivity contribution >= 4 is 69.0 Å². The van der Waals surface area contributed by atoms with Gasteiger partial charge >= 0.3 is 0 Å². The zero-order valence-corrected chi connectivity index (χ0v) is 16.5. The summed E-state index contributed by atoms with van der Waals surface area (Å²) in [6.45, 7) is 0. The second-order valence-corrected chi connectivity index (χ2v) is 6.96. The Kier molecular flexibility index (Phi) is 4.66. The van der Waals surface area contributed by atoms with Crippen molar-refractivity contribution in [2.75, 3.05) is 10.7 Å². The summed E-state index contributed by atoms with van der Waals surface area (Å²) in [6, 6.07) is 14.7. The number of anilines is 3. The van der Waals surface area contributed by atoms with Crippen molar-refractivity contribution in [1.29, 1.82) is 0 Å². The van der Waals surface area contributed by atoms with Crippen LogP contribution in [0.25, 0.3) is 22.3 Å². The minimum Gasteiger partial charge on any atom is -0.455 e. The average Bonchev–Trinajstić information content (AvgIpc) is 3.36. The highest BCUT2D eigenvalue weighted by molar-refractivity contribution is 6.42. The predicted octanol–water partition coefficient (Wildman–Crippen LogP) is 5.26. The number of fused-ring (bicyclic) bond motifs is 2.